The summed E-state index contributed by atoms with van der Waals surface area (Å²) in [6.07, 6.45) is 3.87. The van der Waals surface area contributed by atoms with E-state index in [0.717, 1.165) is 23.7 Å². The molecule has 0 atom stereocenters. The van der Waals surface area contributed by atoms with Crippen molar-refractivity contribution >= 4 is 15.9 Å². The lowest BCUT2D eigenvalue weighted by molar-refractivity contribution is 0.752. The lowest BCUT2D eigenvalue weighted by Crippen LogP contribution is -1.84. The first kappa shape index (κ1) is 10.3. The third kappa shape index (κ3) is 4.10. The zero-order valence-electron chi connectivity index (χ0n) is 7.46. The Hall–Kier alpha value is -0.810. The maximum atomic E-state index is 8.34. The minimum absolute atomic E-state index is 0.677. The SMILES string of the molecule is N#CCCCCc1ccc(Br)cc1. The zero-order chi connectivity index (χ0) is 9.52. The Labute approximate surface area is 87.5 Å². The van der Waals surface area contributed by atoms with Crippen LogP contribution in [0.15, 0.2) is 28.7 Å². The predicted molar refractivity (Wildman–Crippen MR) is 57.3 cm³/mol. The topological polar surface area (TPSA) is 23.8 Å². The normalized spacial score (nSPS) is 9.54. The fourth-order valence-corrected chi connectivity index (χ4v) is 1.45. The van der Waals surface area contributed by atoms with Gasteiger partial charge in [-0.1, -0.05) is 28.1 Å². The number of hydrogen-bond acceptors (Lipinski definition) is 1. The Bertz CT molecular complexity index is 284. The van der Waals surface area contributed by atoms with Crippen molar-refractivity contribution in [2.45, 2.75) is 25.7 Å². The van der Waals surface area contributed by atoms with Crippen LogP contribution in [0.2, 0.25) is 0 Å². The molecule has 13 heavy (non-hydrogen) atoms. The summed E-state index contributed by atoms with van der Waals surface area (Å²) in [6.45, 7) is 0. The van der Waals surface area contributed by atoms with E-state index in [1.54, 1.807) is 0 Å². The summed E-state index contributed by atoms with van der Waals surface area (Å²) >= 11 is 3.40. The van der Waals surface area contributed by atoms with Gasteiger partial charge in [0.1, 0.15) is 0 Å². The highest BCUT2D eigenvalue weighted by Gasteiger charge is 1.93. The molecule has 0 saturated carbocycles. The average Bonchev–Trinajstić information content (AvgIpc) is 2.15. The van der Waals surface area contributed by atoms with Crippen molar-refractivity contribution in [3.05, 3.63) is 34.3 Å². The van der Waals surface area contributed by atoms with E-state index in [0.29, 0.717) is 6.42 Å². The second kappa shape index (κ2) is 5.77. The molecular weight excluding hydrogens is 226 g/mol. The molecule has 0 spiro atoms. The highest BCUT2D eigenvalue weighted by Crippen LogP contribution is 2.12. The summed E-state index contributed by atoms with van der Waals surface area (Å²) in [6, 6.07) is 10.5. The number of benzene rings is 1. The molecule has 0 N–H and O–H groups in total. The molecule has 1 aromatic carbocycles. The number of rotatable bonds is 4. The van der Waals surface area contributed by atoms with E-state index in [1.807, 2.05) is 0 Å². The van der Waals surface area contributed by atoms with Gasteiger partial charge in [-0.2, -0.15) is 5.26 Å². The van der Waals surface area contributed by atoms with E-state index in [4.69, 9.17) is 5.26 Å². The van der Waals surface area contributed by atoms with Crippen LogP contribution in [0.3, 0.4) is 0 Å². The van der Waals surface area contributed by atoms with Crippen LogP contribution in [0.25, 0.3) is 0 Å². The maximum Gasteiger partial charge on any atom is 0.0621 e. The molecule has 0 aliphatic rings. The molecule has 0 aromatic heterocycles. The van der Waals surface area contributed by atoms with Crippen LogP contribution in [-0.2, 0) is 6.42 Å². The largest absolute Gasteiger partial charge is 0.198 e. The van der Waals surface area contributed by atoms with Crippen molar-refractivity contribution in [3.63, 3.8) is 0 Å². The summed E-state index contributed by atoms with van der Waals surface area (Å²) in [5.41, 5.74) is 1.35. The van der Waals surface area contributed by atoms with Crippen LogP contribution in [0, 0.1) is 11.3 Å². The lowest BCUT2D eigenvalue weighted by atomic mass is 10.1. The van der Waals surface area contributed by atoms with Gasteiger partial charge in [-0.15, -0.1) is 0 Å². The molecule has 0 amide bonds. The van der Waals surface area contributed by atoms with Crippen LogP contribution in [0.1, 0.15) is 24.8 Å². The van der Waals surface area contributed by atoms with E-state index in [2.05, 4.69) is 46.3 Å². The Kier molecular flexibility index (Phi) is 4.56. The molecular formula is C11H12BrN. The number of nitrogens with zero attached hydrogens (tertiary/aromatic N) is 1. The van der Waals surface area contributed by atoms with Gasteiger partial charge in [-0.05, 0) is 37.0 Å². The quantitative estimate of drug-likeness (QED) is 0.734. The smallest absolute Gasteiger partial charge is 0.0621 e. The summed E-state index contributed by atoms with van der Waals surface area (Å²) in [5, 5.41) is 8.34. The molecule has 0 bridgehead atoms. The molecule has 0 radical (unpaired) electrons. The highest BCUT2D eigenvalue weighted by atomic mass is 79.9. The molecule has 0 aliphatic carbocycles. The number of aryl methyl sites for hydroxylation is 1. The third-order valence-corrected chi connectivity index (χ3v) is 2.45. The van der Waals surface area contributed by atoms with Crippen LogP contribution in [0.4, 0.5) is 0 Å². The first-order valence-corrected chi connectivity index (χ1v) is 5.23. The highest BCUT2D eigenvalue weighted by molar-refractivity contribution is 9.10. The number of unbranched alkanes of at least 4 members (excludes halogenated alkanes) is 2. The Balaban J connectivity index is 2.30. The number of halogens is 1. The molecule has 1 nitrogen and oxygen atoms in total. The van der Waals surface area contributed by atoms with Crippen LogP contribution >= 0.6 is 15.9 Å². The lowest BCUT2D eigenvalue weighted by Gasteiger charge is -1.99. The fourth-order valence-electron chi connectivity index (χ4n) is 1.18. The van der Waals surface area contributed by atoms with E-state index < -0.39 is 0 Å². The monoisotopic (exact) mass is 237 g/mol. The predicted octanol–water partition coefficient (Wildman–Crippen LogP) is 3.69. The van der Waals surface area contributed by atoms with Crippen molar-refractivity contribution in [1.29, 1.82) is 5.26 Å². The summed E-state index contributed by atoms with van der Waals surface area (Å²) in [7, 11) is 0. The molecule has 0 heterocycles. The van der Waals surface area contributed by atoms with Crippen molar-refractivity contribution < 1.29 is 0 Å². The van der Waals surface area contributed by atoms with Crippen LogP contribution in [0.5, 0.6) is 0 Å². The van der Waals surface area contributed by atoms with Crippen molar-refractivity contribution in [1.82, 2.24) is 0 Å². The summed E-state index contributed by atoms with van der Waals surface area (Å²) in [4.78, 5) is 0. The van der Waals surface area contributed by atoms with Crippen molar-refractivity contribution in [2.75, 3.05) is 0 Å². The number of hydrogen-bond donors (Lipinski definition) is 0. The van der Waals surface area contributed by atoms with Gasteiger partial charge in [0.25, 0.3) is 0 Å². The Morgan fingerprint density at radius 3 is 2.46 bits per heavy atom. The molecule has 0 saturated heterocycles. The number of nitriles is 1. The average molecular weight is 238 g/mol. The summed E-state index contributed by atoms with van der Waals surface area (Å²) < 4.78 is 1.12. The second-order valence-electron chi connectivity index (χ2n) is 2.99. The Morgan fingerprint density at radius 1 is 1.15 bits per heavy atom. The molecule has 0 unspecified atom stereocenters. The molecule has 68 valence electrons. The first-order chi connectivity index (χ1) is 6.33. The molecule has 0 aliphatic heterocycles. The van der Waals surface area contributed by atoms with Gasteiger partial charge >= 0.3 is 0 Å². The van der Waals surface area contributed by atoms with E-state index in [9.17, 15) is 0 Å². The first-order valence-electron chi connectivity index (χ1n) is 4.44. The molecule has 2 heteroatoms. The van der Waals surface area contributed by atoms with E-state index >= 15 is 0 Å². The second-order valence-corrected chi connectivity index (χ2v) is 3.91. The fraction of sp³-hybridized carbons (Fsp3) is 0.364. The molecule has 1 rings (SSSR count). The van der Waals surface area contributed by atoms with Gasteiger partial charge in [0, 0.05) is 10.9 Å². The van der Waals surface area contributed by atoms with Gasteiger partial charge in [-0.3, -0.25) is 0 Å². The molecule has 1 aromatic rings. The summed E-state index contributed by atoms with van der Waals surface area (Å²) in [5.74, 6) is 0. The van der Waals surface area contributed by atoms with Crippen molar-refractivity contribution in [3.8, 4) is 6.07 Å². The minimum Gasteiger partial charge on any atom is -0.198 e. The van der Waals surface area contributed by atoms with E-state index in [1.165, 1.54) is 5.56 Å². The standard InChI is InChI=1S/C11H12BrN/c12-11-7-5-10(6-8-11)4-2-1-3-9-13/h5-8H,1-4H2. The molecule has 0 fully saturated rings. The van der Waals surface area contributed by atoms with Crippen LogP contribution < -0.4 is 0 Å². The van der Waals surface area contributed by atoms with Gasteiger partial charge < -0.3 is 0 Å². The Morgan fingerprint density at radius 2 is 1.85 bits per heavy atom. The maximum absolute atomic E-state index is 8.34. The third-order valence-electron chi connectivity index (χ3n) is 1.92. The van der Waals surface area contributed by atoms with Gasteiger partial charge in [-0.25, -0.2) is 0 Å². The minimum atomic E-state index is 0.677. The van der Waals surface area contributed by atoms with E-state index in [-0.39, 0.29) is 0 Å². The van der Waals surface area contributed by atoms with Crippen molar-refractivity contribution in [2.24, 2.45) is 0 Å². The van der Waals surface area contributed by atoms with Gasteiger partial charge in [0.15, 0.2) is 0 Å². The zero-order valence-corrected chi connectivity index (χ0v) is 9.05. The van der Waals surface area contributed by atoms with Crippen LogP contribution in [-0.4, -0.2) is 0 Å². The van der Waals surface area contributed by atoms with Gasteiger partial charge in [0.2, 0.25) is 0 Å². The van der Waals surface area contributed by atoms with Gasteiger partial charge in [0.05, 0.1) is 6.07 Å².